The number of aromatic nitrogens is 4. The lowest BCUT2D eigenvalue weighted by Crippen LogP contribution is -2.30. The molecule has 2 atom stereocenters. The minimum absolute atomic E-state index is 0.0718. The van der Waals surface area contributed by atoms with Gasteiger partial charge in [0.15, 0.2) is 11.6 Å². The maximum atomic E-state index is 11.7. The number of amides is 1. The van der Waals surface area contributed by atoms with Gasteiger partial charge in [-0.1, -0.05) is 139 Å². The van der Waals surface area contributed by atoms with Gasteiger partial charge in [0.05, 0.1) is 19.5 Å². The van der Waals surface area contributed by atoms with Gasteiger partial charge in [-0.25, -0.2) is 5.48 Å². The van der Waals surface area contributed by atoms with Crippen LogP contribution < -0.4 is 16.1 Å². The minimum Gasteiger partial charge on any atom is -0.481 e. The number of carbonyl (C=O) groups is 2. The van der Waals surface area contributed by atoms with Crippen LogP contribution in [0.1, 0.15) is 215 Å². The second-order valence-corrected chi connectivity index (χ2v) is 17.1. The van der Waals surface area contributed by atoms with Crippen molar-refractivity contribution >= 4 is 11.9 Å². The lowest BCUT2D eigenvalue weighted by molar-refractivity contribution is -0.137. The Kier molecular flexibility index (Phi) is 19.4. The molecule has 4 aliphatic rings. The number of hydroxylamine groups is 1. The molecule has 310 valence electrons. The number of carboxylic acids is 1. The predicted molar refractivity (Wildman–Crippen MR) is 209 cm³/mol. The van der Waals surface area contributed by atoms with Crippen LogP contribution >= 0.6 is 0 Å². The van der Waals surface area contributed by atoms with Crippen LogP contribution in [0, 0.1) is 11.8 Å². The van der Waals surface area contributed by atoms with E-state index in [9.17, 15) is 14.7 Å². The van der Waals surface area contributed by atoms with Crippen LogP contribution in [0.2, 0.25) is 0 Å². The highest BCUT2D eigenvalue weighted by Gasteiger charge is 2.25. The molecule has 0 saturated heterocycles. The number of hydrogen-bond donors (Lipinski definition) is 5. The fourth-order valence-electron chi connectivity index (χ4n) is 9.46. The molecular weight excluding hydrogens is 699 g/mol. The lowest BCUT2D eigenvalue weighted by atomic mass is 9.84. The first-order valence-corrected chi connectivity index (χ1v) is 22.2. The summed E-state index contributed by atoms with van der Waals surface area (Å²) in [5, 5.41) is 33.4. The Bertz CT molecular complexity index is 1350. The van der Waals surface area contributed by atoms with Crippen LogP contribution in [-0.4, -0.2) is 54.6 Å². The molecule has 2 heterocycles. The average Bonchev–Trinajstić information content (AvgIpc) is 3.91. The summed E-state index contributed by atoms with van der Waals surface area (Å²) in [5.74, 6) is 2.48. The largest absolute Gasteiger partial charge is 0.481 e. The molecule has 0 unspecified atom stereocenters. The zero-order valence-electron chi connectivity index (χ0n) is 33.5. The van der Waals surface area contributed by atoms with E-state index in [1.807, 2.05) is 0 Å². The molecule has 55 heavy (non-hydrogen) atoms. The molecule has 13 heteroatoms. The van der Waals surface area contributed by atoms with Crippen LogP contribution in [0.5, 0.6) is 0 Å². The summed E-state index contributed by atoms with van der Waals surface area (Å²) in [6, 6.07) is 1.09. The zero-order valence-corrected chi connectivity index (χ0v) is 33.5. The van der Waals surface area contributed by atoms with E-state index >= 15 is 0 Å². The monoisotopic (exact) mass is 770 g/mol. The van der Waals surface area contributed by atoms with Crippen LogP contribution in [0.25, 0.3) is 0 Å². The first-order valence-electron chi connectivity index (χ1n) is 22.2. The minimum atomic E-state index is -0.794. The third-order valence-electron chi connectivity index (χ3n) is 12.7. The van der Waals surface area contributed by atoms with Gasteiger partial charge in [-0.3, -0.25) is 14.8 Å². The second-order valence-electron chi connectivity index (χ2n) is 17.1. The molecule has 4 aliphatic carbocycles. The normalized spacial score (nSPS) is 20.4. The van der Waals surface area contributed by atoms with E-state index in [2.05, 4.69) is 30.9 Å². The fraction of sp³-hybridized carbons (Fsp3) is 0.857. The first-order chi connectivity index (χ1) is 26.9. The molecule has 0 aliphatic heterocycles. The van der Waals surface area contributed by atoms with Gasteiger partial charge in [-0.2, -0.15) is 9.97 Å². The molecule has 0 aromatic carbocycles. The highest BCUT2D eigenvalue weighted by Crippen LogP contribution is 2.33. The Hall–Kier alpha value is -2.90. The van der Waals surface area contributed by atoms with Crippen molar-refractivity contribution in [3.63, 3.8) is 0 Å². The van der Waals surface area contributed by atoms with Gasteiger partial charge in [-0.15, -0.1) is 0 Å². The van der Waals surface area contributed by atoms with Crippen molar-refractivity contribution in [2.75, 3.05) is 0 Å². The topological polar surface area (TPSA) is 189 Å². The summed E-state index contributed by atoms with van der Waals surface area (Å²) < 4.78 is 10.9. The molecule has 0 radical (unpaired) electrons. The maximum Gasteiger partial charge on any atom is 0.304 e. The summed E-state index contributed by atoms with van der Waals surface area (Å²) in [6.45, 7) is 1.21. The van der Waals surface area contributed by atoms with Gasteiger partial charge in [0.25, 0.3) is 0 Å². The van der Waals surface area contributed by atoms with Crippen molar-refractivity contribution in [2.24, 2.45) is 11.8 Å². The standard InChI is InChI=1S/C21H36N4O3.C21H35N3O3/c26-20(24-27)14-17(11-7-10-16-8-3-1-4-9-16)21-23-19(25-28-21)15-22-18-12-5-2-6-13-18;25-20(26)14-17(11-7-10-16-8-3-1-4-9-16)21-23-19(24-27-21)15-22-18-12-5-2-6-13-18/h16-18,22,27H,1-15H2,(H,24,26);16-18,22H,1-15H2,(H,25,26)/t2*17-/m11/s1. The highest BCUT2D eigenvalue weighted by molar-refractivity contribution is 5.75. The van der Waals surface area contributed by atoms with E-state index in [0.29, 0.717) is 48.6 Å². The summed E-state index contributed by atoms with van der Waals surface area (Å²) in [4.78, 5) is 32.1. The third-order valence-corrected chi connectivity index (χ3v) is 12.7. The number of carboxylic acid groups (broad SMARTS) is 1. The fourth-order valence-corrected chi connectivity index (χ4v) is 9.46. The van der Waals surface area contributed by atoms with Crippen molar-refractivity contribution in [1.82, 2.24) is 36.4 Å². The van der Waals surface area contributed by atoms with Gasteiger partial charge in [0.2, 0.25) is 17.7 Å². The average molecular weight is 770 g/mol. The van der Waals surface area contributed by atoms with Gasteiger partial charge < -0.3 is 24.8 Å². The molecule has 4 saturated carbocycles. The summed E-state index contributed by atoms with van der Waals surface area (Å²) in [6.07, 6.45) is 32.5. The summed E-state index contributed by atoms with van der Waals surface area (Å²) >= 11 is 0. The van der Waals surface area contributed by atoms with E-state index in [0.717, 1.165) is 37.5 Å². The number of rotatable bonds is 20. The molecular formula is C42H71N7O6. The number of nitrogens with one attached hydrogen (secondary N) is 3. The van der Waals surface area contributed by atoms with Crippen molar-refractivity contribution in [3.8, 4) is 0 Å². The molecule has 13 nitrogen and oxygen atoms in total. The van der Waals surface area contributed by atoms with E-state index in [1.54, 1.807) is 5.48 Å². The van der Waals surface area contributed by atoms with Crippen LogP contribution in [0.15, 0.2) is 9.05 Å². The van der Waals surface area contributed by atoms with Gasteiger partial charge in [0, 0.05) is 30.3 Å². The Balaban J connectivity index is 0.000000211. The van der Waals surface area contributed by atoms with E-state index < -0.39 is 11.9 Å². The van der Waals surface area contributed by atoms with Gasteiger partial charge in [0.1, 0.15) is 0 Å². The van der Waals surface area contributed by atoms with Crippen LogP contribution in [0.3, 0.4) is 0 Å². The molecule has 4 fully saturated rings. The van der Waals surface area contributed by atoms with Gasteiger partial charge in [-0.05, 0) is 50.4 Å². The molecule has 1 amide bonds. The summed E-state index contributed by atoms with van der Waals surface area (Å²) in [7, 11) is 0. The predicted octanol–water partition coefficient (Wildman–Crippen LogP) is 9.02. The Morgan fingerprint density at radius 2 is 1.00 bits per heavy atom. The molecule has 2 aromatic heterocycles. The first kappa shape index (κ1) is 43.2. The number of hydrogen-bond acceptors (Lipinski definition) is 11. The van der Waals surface area contributed by atoms with Crippen molar-refractivity contribution in [2.45, 2.75) is 217 Å². The van der Waals surface area contributed by atoms with Crippen molar-refractivity contribution in [1.29, 1.82) is 0 Å². The number of nitrogens with zero attached hydrogens (tertiary/aromatic N) is 4. The Morgan fingerprint density at radius 1 is 0.600 bits per heavy atom. The van der Waals surface area contributed by atoms with Gasteiger partial charge >= 0.3 is 5.97 Å². The van der Waals surface area contributed by atoms with Crippen molar-refractivity contribution < 1.29 is 28.9 Å². The second kappa shape index (κ2) is 24.7. The Labute approximate surface area is 328 Å². The molecule has 2 aromatic rings. The number of aliphatic carboxylic acids is 1. The van der Waals surface area contributed by atoms with Crippen LogP contribution in [-0.2, 0) is 22.7 Å². The molecule has 6 rings (SSSR count). The maximum absolute atomic E-state index is 11.7. The molecule has 0 spiro atoms. The highest BCUT2D eigenvalue weighted by atomic mass is 16.5. The van der Waals surface area contributed by atoms with E-state index in [1.165, 1.54) is 141 Å². The SMILES string of the molecule is O=C(C[C@@H](CCCC1CCCCC1)c1nc(CNC2CCCCC2)no1)NO.O=C(O)C[C@@H](CCCC1CCCCC1)c1nc(CNC2CCCCC2)no1. The number of carbonyl (C=O) groups excluding carboxylic acids is 1. The van der Waals surface area contributed by atoms with E-state index in [4.69, 9.17) is 14.3 Å². The quantitative estimate of drug-likeness (QED) is 0.0636. The van der Waals surface area contributed by atoms with E-state index in [-0.39, 0.29) is 24.7 Å². The van der Waals surface area contributed by atoms with Crippen LogP contribution in [0.4, 0.5) is 0 Å². The Morgan fingerprint density at radius 3 is 1.40 bits per heavy atom. The van der Waals surface area contributed by atoms with Crippen molar-refractivity contribution in [3.05, 3.63) is 23.4 Å². The smallest absolute Gasteiger partial charge is 0.304 e. The lowest BCUT2D eigenvalue weighted by Gasteiger charge is -2.22. The zero-order chi connectivity index (χ0) is 38.5. The molecule has 5 N–H and O–H groups in total. The summed E-state index contributed by atoms with van der Waals surface area (Å²) in [5.41, 5.74) is 1.74. The third kappa shape index (κ3) is 16.2. The molecule has 0 bridgehead atoms.